The normalized spacial score (nSPS) is 42.7. The number of nitrogens with zero attached hydrogens (tertiary/aromatic N) is 1. The lowest BCUT2D eigenvalue weighted by molar-refractivity contribution is -0.265. The number of amides is 1. The lowest BCUT2D eigenvalue weighted by Crippen LogP contribution is -2.62. The van der Waals surface area contributed by atoms with Crippen LogP contribution >= 0.6 is 0 Å². The van der Waals surface area contributed by atoms with Crippen molar-refractivity contribution >= 4 is 29.2 Å². The van der Waals surface area contributed by atoms with Crippen LogP contribution in [0.1, 0.15) is 126 Å². The highest BCUT2D eigenvalue weighted by Gasteiger charge is 2.60. The Morgan fingerprint density at radius 1 is 0.803 bits per heavy atom. The lowest BCUT2D eigenvalue weighted by Gasteiger charge is -2.54. The van der Waals surface area contributed by atoms with Gasteiger partial charge in [0.05, 0.1) is 24.4 Å². The van der Waals surface area contributed by atoms with Gasteiger partial charge in [0.15, 0.2) is 5.78 Å². The molecule has 2 aliphatic carbocycles. The molecule has 66 heavy (non-hydrogen) atoms. The molecule has 5 rings (SSSR count). The second-order valence-electron chi connectivity index (χ2n) is 20.4. The van der Waals surface area contributed by atoms with Crippen LogP contribution in [0.3, 0.4) is 0 Å². The SMILES string of the molecule is CO[C@H]1C[C@@H]2CC[C@@H](C)[C@@](O)(O2)C(=O)C(=O)N2CCCC[C@@H]2C(=O)O[C@H]2CC(=O)[C@H](C)/C=C(/C)[C@@H](O)[C@@H](OC)C(=O)C([C@@H]3CC[C@@H](O)[C@H](OC)C3)(C(C)C[C@H](C)C=CC=C(C)/C=C/1C)[C@H]2C. The zero-order valence-electron chi connectivity index (χ0n) is 41.3. The van der Waals surface area contributed by atoms with Gasteiger partial charge in [-0.3, -0.25) is 19.2 Å². The predicted octanol–water partition coefficient (Wildman–Crippen LogP) is 6.18. The highest BCUT2D eigenvalue weighted by Crippen LogP contribution is 2.55. The van der Waals surface area contributed by atoms with Crippen LogP contribution in [0.15, 0.2) is 47.1 Å². The number of allylic oxidation sites excluding steroid dienone is 6. The molecule has 5 aliphatic rings. The Kier molecular flexibility index (Phi) is 18.5. The third-order valence-electron chi connectivity index (χ3n) is 16.0. The quantitative estimate of drug-likeness (QED) is 0.165. The lowest BCUT2D eigenvalue weighted by atomic mass is 9.51. The number of piperidine rings is 1. The average Bonchev–Trinajstić information content (AvgIpc) is 3.29. The van der Waals surface area contributed by atoms with Gasteiger partial charge in [-0.2, -0.15) is 0 Å². The summed E-state index contributed by atoms with van der Waals surface area (Å²) >= 11 is 0. The molecule has 1 amide bonds. The van der Waals surface area contributed by atoms with Gasteiger partial charge in [0.2, 0.25) is 5.79 Å². The fourth-order valence-electron chi connectivity index (χ4n) is 12.0. The van der Waals surface area contributed by atoms with Gasteiger partial charge >= 0.3 is 5.97 Å². The van der Waals surface area contributed by atoms with Gasteiger partial charge in [-0.15, -0.1) is 0 Å². The van der Waals surface area contributed by atoms with Crippen molar-refractivity contribution in [3.05, 3.63) is 47.1 Å². The number of carbonyl (C=O) groups excluding carboxylic acids is 5. The van der Waals surface area contributed by atoms with E-state index < -0.39 is 113 Å². The molecule has 0 aromatic heterocycles. The van der Waals surface area contributed by atoms with Crippen LogP contribution in [0.2, 0.25) is 0 Å². The largest absolute Gasteiger partial charge is 0.460 e. The minimum atomic E-state index is -2.46. The van der Waals surface area contributed by atoms with Crippen molar-refractivity contribution in [3.63, 3.8) is 0 Å². The second kappa shape index (κ2) is 22.8. The smallest absolute Gasteiger partial charge is 0.329 e. The summed E-state index contributed by atoms with van der Waals surface area (Å²) in [4.78, 5) is 75.3. The Labute approximate surface area is 392 Å². The van der Waals surface area contributed by atoms with Gasteiger partial charge < -0.3 is 43.9 Å². The average molecular weight is 926 g/mol. The van der Waals surface area contributed by atoms with Crippen molar-refractivity contribution in [1.29, 1.82) is 0 Å². The fourth-order valence-corrected chi connectivity index (χ4v) is 12.0. The Bertz CT molecular complexity index is 1890. The van der Waals surface area contributed by atoms with E-state index >= 15 is 4.79 Å². The number of rotatable bonds is 4. The van der Waals surface area contributed by atoms with Gasteiger partial charge in [0.1, 0.15) is 30.1 Å². The molecule has 3 heterocycles. The van der Waals surface area contributed by atoms with E-state index in [4.69, 9.17) is 23.7 Å². The van der Waals surface area contributed by atoms with Gasteiger partial charge in [0.25, 0.3) is 11.7 Å². The summed E-state index contributed by atoms with van der Waals surface area (Å²) < 4.78 is 30.5. The molecular formula is C52H79NO13. The van der Waals surface area contributed by atoms with Crippen LogP contribution in [0.25, 0.3) is 0 Å². The number of ketones is 3. The molecule has 16 atom stereocenters. The monoisotopic (exact) mass is 926 g/mol. The van der Waals surface area contributed by atoms with Crippen LogP contribution in [0, 0.1) is 40.9 Å². The zero-order chi connectivity index (χ0) is 48.8. The summed E-state index contributed by atoms with van der Waals surface area (Å²) in [5.41, 5.74) is 0.786. The van der Waals surface area contributed by atoms with E-state index in [1.165, 1.54) is 19.1 Å². The number of esters is 1. The van der Waals surface area contributed by atoms with E-state index in [1.54, 1.807) is 34.0 Å². The molecule has 3 N–H and O–H groups in total. The third kappa shape index (κ3) is 11.2. The molecule has 0 spiro atoms. The van der Waals surface area contributed by atoms with Gasteiger partial charge in [-0.25, -0.2) is 4.79 Å². The van der Waals surface area contributed by atoms with Crippen molar-refractivity contribution in [2.24, 2.45) is 40.9 Å². The van der Waals surface area contributed by atoms with E-state index in [2.05, 4.69) is 13.0 Å². The summed E-state index contributed by atoms with van der Waals surface area (Å²) in [5, 5.41) is 35.1. The standard InChI is InChI=1S/C52H79NO13/c1-29-15-14-16-30(2)24-35(7)51(37-19-21-40(54)44(26-37)63-10)36(8)43(28-41(55)31(3)25-33(5)45(56)46(64-11)47(51)57)65-50(60)39-17-12-13-22-53(39)49(59)48(58)52(61)34(6)18-20-38(66-52)27-42(62-9)32(4)23-29/h14-16,23,25,30-31,34-40,42-46,54,56,61H,12-13,17-22,24,26-28H2,1-11H3/b16-14?,29-15?,32-23+,33-25-/t30-,31-,34-,35?,36+,37-,38+,39-,40-,42+,43+,44-,45-,46-,51?,52-/m1/s1. The minimum absolute atomic E-state index is 0.0438. The molecule has 4 bridgehead atoms. The highest BCUT2D eigenvalue weighted by molar-refractivity contribution is 6.39. The first-order valence-electron chi connectivity index (χ1n) is 24.3. The second-order valence-corrected chi connectivity index (χ2v) is 20.4. The van der Waals surface area contributed by atoms with Gasteiger partial charge in [-0.1, -0.05) is 70.6 Å². The molecule has 0 aromatic carbocycles. The van der Waals surface area contributed by atoms with E-state index in [9.17, 15) is 34.5 Å². The van der Waals surface area contributed by atoms with E-state index in [1.807, 2.05) is 45.9 Å². The Hall–Kier alpha value is -3.37. The summed E-state index contributed by atoms with van der Waals surface area (Å²) in [6.45, 7) is 14.9. The summed E-state index contributed by atoms with van der Waals surface area (Å²) in [7, 11) is 4.50. The first-order valence-corrected chi connectivity index (χ1v) is 24.3. The van der Waals surface area contributed by atoms with Crippen LogP contribution in [-0.2, 0) is 47.7 Å². The number of fused-ring (bicyclic) bond motifs is 5. The number of hydrogen-bond acceptors (Lipinski definition) is 13. The van der Waals surface area contributed by atoms with E-state index in [-0.39, 0.29) is 37.5 Å². The Balaban J connectivity index is 1.74. The molecule has 2 saturated heterocycles. The first kappa shape index (κ1) is 53.6. The van der Waals surface area contributed by atoms with Gasteiger partial charge in [-0.05, 0) is 107 Å². The molecule has 0 aromatic rings. The third-order valence-corrected chi connectivity index (χ3v) is 16.0. The summed E-state index contributed by atoms with van der Waals surface area (Å²) in [6, 6.07) is -1.24. The molecular weight excluding hydrogens is 847 g/mol. The number of Topliss-reactive ketones (excluding diaryl/α,β-unsaturated/α-hetero) is 3. The minimum Gasteiger partial charge on any atom is -0.460 e. The number of aliphatic hydroxyl groups excluding tert-OH is 2. The number of hydrogen-bond donors (Lipinski definition) is 3. The number of methoxy groups -OCH3 is 3. The molecule has 14 nitrogen and oxygen atoms in total. The molecule has 3 fully saturated rings. The number of aliphatic hydroxyl groups is 3. The zero-order valence-corrected chi connectivity index (χ0v) is 41.3. The van der Waals surface area contributed by atoms with Crippen molar-refractivity contribution in [2.45, 2.75) is 181 Å². The Morgan fingerprint density at radius 2 is 1.52 bits per heavy atom. The molecule has 370 valence electrons. The first-order chi connectivity index (χ1) is 31.1. The highest BCUT2D eigenvalue weighted by atomic mass is 16.6. The molecule has 1 saturated carbocycles. The van der Waals surface area contributed by atoms with Crippen molar-refractivity contribution in [1.82, 2.24) is 4.90 Å². The van der Waals surface area contributed by atoms with Gasteiger partial charge in [0, 0.05) is 63.9 Å². The number of carbonyl (C=O) groups is 5. The van der Waals surface area contributed by atoms with E-state index in [0.717, 1.165) is 11.1 Å². The maximum atomic E-state index is 16.0. The van der Waals surface area contributed by atoms with Crippen LogP contribution in [0.4, 0.5) is 0 Å². The molecule has 3 aliphatic heterocycles. The number of ether oxygens (including phenoxy) is 5. The maximum Gasteiger partial charge on any atom is 0.329 e. The van der Waals surface area contributed by atoms with Crippen molar-refractivity contribution < 1.29 is 63.0 Å². The molecule has 14 heteroatoms. The Morgan fingerprint density at radius 3 is 2.18 bits per heavy atom. The molecule has 0 radical (unpaired) electrons. The van der Waals surface area contributed by atoms with Crippen LogP contribution in [0.5, 0.6) is 0 Å². The van der Waals surface area contributed by atoms with Crippen molar-refractivity contribution in [2.75, 3.05) is 27.9 Å². The molecule has 2 unspecified atom stereocenters. The predicted molar refractivity (Wildman–Crippen MR) is 248 cm³/mol. The maximum absolute atomic E-state index is 16.0. The van der Waals surface area contributed by atoms with Crippen LogP contribution < -0.4 is 0 Å². The topological polar surface area (TPSA) is 195 Å². The van der Waals surface area contributed by atoms with Crippen LogP contribution in [-0.4, -0.2) is 132 Å². The van der Waals surface area contributed by atoms with Crippen molar-refractivity contribution in [3.8, 4) is 0 Å². The summed E-state index contributed by atoms with van der Waals surface area (Å²) in [6.07, 6.45) is 6.85. The van der Waals surface area contributed by atoms with E-state index in [0.29, 0.717) is 56.9 Å². The fraction of sp³-hybridized carbons (Fsp3) is 0.750. The summed E-state index contributed by atoms with van der Waals surface area (Å²) in [5.74, 6) is -9.62.